The number of amides is 1. The van der Waals surface area contributed by atoms with Crippen molar-refractivity contribution in [3.63, 3.8) is 0 Å². The summed E-state index contributed by atoms with van der Waals surface area (Å²) in [5.41, 5.74) is 4.07. The van der Waals surface area contributed by atoms with Crippen molar-refractivity contribution < 1.29 is 17.9 Å². The second-order valence-corrected chi connectivity index (χ2v) is 11.2. The molecule has 10 heteroatoms. The summed E-state index contributed by atoms with van der Waals surface area (Å²) >= 11 is 0. The predicted octanol–water partition coefficient (Wildman–Crippen LogP) is 5.28. The van der Waals surface area contributed by atoms with Gasteiger partial charge in [-0.15, -0.1) is 0 Å². The topological polar surface area (TPSA) is 123 Å². The minimum atomic E-state index is -3.52. The van der Waals surface area contributed by atoms with Gasteiger partial charge in [0.05, 0.1) is 12.3 Å². The number of ether oxygens (including phenoxy) is 1. The summed E-state index contributed by atoms with van der Waals surface area (Å²) < 4.78 is 30.1. The van der Waals surface area contributed by atoms with E-state index in [-0.39, 0.29) is 22.1 Å². The molecule has 2 heterocycles. The van der Waals surface area contributed by atoms with Crippen LogP contribution >= 0.6 is 0 Å². The molecule has 0 radical (unpaired) electrons. The molecule has 0 aliphatic carbocycles. The minimum Gasteiger partial charge on any atom is -0.492 e. The molecule has 1 amide bonds. The Morgan fingerprint density at radius 2 is 1.87 bits per heavy atom. The molecule has 0 spiro atoms. The van der Waals surface area contributed by atoms with E-state index in [9.17, 15) is 13.2 Å². The second-order valence-electron chi connectivity index (χ2n) is 9.25. The molecule has 0 atom stereocenters. The fraction of sp³-hybridized carbons (Fsp3) is 0.214. The van der Waals surface area contributed by atoms with Crippen LogP contribution in [0.1, 0.15) is 29.8 Å². The lowest BCUT2D eigenvalue weighted by Gasteiger charge is -2.15. The summed E-state index contributed by atoms with van der Waals surface area (Å²) in [6.45, 7) is 6.17. The van der Waals surface area contributed by atoms with Crippen molar-refractivity contribution in [2.45, 2.75) is 25.7 Å². The van der Waals surface area contributed by atoms with Crippen LogP contribution in [0, 0.1) is 12.8 Å². The largest absolute Gasteiger partial charge is 0.492 e. The Balaban J connectivity index is 1.55. The average molecular weight is 532 g/mol. The fourth-order valence-electron chi connectivity index (χ4n) is 3.58. The molecule has 2 N–H and O–H groups in total. The summed E-state index contributed by atoms with van der Waals surface area (Å²) in [6, 6.07) is 15.3. The number of pyridine rings is 1. The molecule has 2 aromatic carbocycles. The molecule has 2 aromatic heterocycles. The first-order chi connectivity index (χ1) is 18.1. The SMILES string of the molecule is Cc1ccc(NC(=O)c2ccc(S(C)(=O)=O)c(OCC(C)C)c2)cc1Nc1nccc(-c2cccnc2)n1. The summed E-state index contributed by atoms with van der Waals surface area (Å²) in [4.78, 5) is 26.1. The van der Waals surface area contributed by atoms with Crippen LogP contribution in [-0.2, 0) is 9.84 Å². The van der Waals surface area contributed by atoms with Crippen LogP contribution in [0.25, 0.3) is 11.3 Å². The van der Waals surface area contributed by atoms with E-state index in [0.717, 1.165) is 28.8 Å². The van der Waals surface area contributed by atoms with Crippen LogP contribution in [0.4, 0.5) is 17.3 Å². The van der Waals surface area contributed by atoms with E-state index < -0.39 is 15.7 Å². The molecule has 0 unspecified atom stereocenters. The monoisotopic (exact) mass is 531 g/mol. The number of anilines is 3. The van der Waals surface area contributed by atoms with Crippen molar-refractivity contribution in [1.82, 2.24) is 15.0 Å². The number of nitrogens with zero attached hydrogens (tertiary/aromatic N) is 3. The highest BCUT2D eigenvalue weighted by molar-refractivity contribution is 7.90. The molecule has 0 bridgehead atoms. The Morgan fingerprint density at radius 3 is 2.58 bits per heavy atom. The predicted molar refractivity (Wildman–Crippen MR) is 148 cm³/mol. The first kappa shape index (κ1) is 26.7. The Labute approximate surface area is 222 Å². The zero-order chi connectivity index (χ0) is 27.3. The van der Waals surface area contributed by atoms with Gasteiger partial charge in [0.2, 0.25) is 5.95 Å². The van der Waals surface area contributed by atoms with E-state index in [1.54, 1.807) is 36.8 Å². The zero-order valence-corrected chi connectivity index (χ0v) is 22.4. The Bertz CT molecular complexity index is 1560. The molecular weight excluding hydrogens is 502 g/mol. The van der Waals surface area contributed by atoms with Gasteiger partial charge in [-0.1, -0.05) is 19.9 Å². The van der Waals surface area contributed by atoms with Crippen LogP contribution in [0.5, 0.6) is 5.75 Å². The van der Waals surface area contributed by atoms with Gasteiger partial charge in [-0.2, -0.15) is 0 Å². The van der Waals surface area contributed by atoms with Crippen LogP contribution in [0.2, 0.25) is 0 Å². The number of carbonyl (C=O) groups is 1. The third kappa shape index (κ3) is 6.71. The highest BCUT2D eigenvalue weighted by Crippen LogP contribution is 2.28. The molecule has 38 heavy (non-hydrogen) atoms. The molecule has 0 saturated carbocycles. The number of carbonyl (C=O) groups excluding carboxylic acids is 1. The van der Waals surface area contributed by atoms with E-state index in [1.165, 1.54) is 18.2 Å². The van der Waals surface area contributed by atoms with Gasteiger partial charge >= 0.3 is 0 Å². The smallest absolute Gasteiger partial charge is 0.255 e. The van der Waals surface area contributed by atoms with E-state index in [1.807, 2.05) is 39.0 Å². The number of hydrogen-bond acceptors (Lipinski definition) is 8. The Kier molecular flexibility index (Phi) is 8.02. The zero-order valence-electron chi connectivity index (χ0n) is 21.6. The third-order valence-corrected chi connectivity index (χ3v) is 6.67. The summed E-state index contributed by atoms with van der Waals surface area (Å²) in [5, 5.41) is 6.08. The highest BCUT2D eigenvalue weighted by Gasteiger charge is 2.18. The molecule has 4 aromatic rings. The fourth-order valence-corrected chi connectivity index (χ4v) is 4.38. The van der Waals surface area contributed by atoms with Crippen LogP contribution < -0.4 is 15.4 Å². The normalized spacial score (nSPS) is 11.3. The van der Waals surface area contributed by atoms with Gasteiger partial charge in [0.25, 0.3) is 5.91 Å². The van der Waals surface area contributed by atoms with Gasteiger partial charge < -0.3 is 15.4 Å². The highest BCUT2D eigenvalue weighted by atomic mass is 32.2. The Morgan fingerprint density at radius 1 is 1.05 bits per heavy atom. The molecule has 0 aliphatic rings. The third-order valence-electron chi connectivity index (χ3n) is 5.53. The number of sulfone groups is 1. The molecule has 4 rings (SSSR count). The average Bonchev–Trinajstić information content (AvgIpc) is 2.89. The molecule has 0 saturated heterocycles. The van der Waals surface area contributed by atoms with E-state index in [4.69, 9.17) is 4.74 Å². The molecule has 9 nitrogen and oxygen atoms in total. The maximum absolute atomic E-state index is 13.1. The molecule has 0 fully saturated rings. The van der Waals surface area contributed by atoms with E-state index in [2.05, 4.69) is 25.6 Å². The molecular formula is C28H29N5O4S. The first-order valence-electron chi connectivity index (χ1n) is 12.0. The number of benzene rings is 2. The molecule has 0 aliphatic heterocycles. The van der Waals surface area contributed by atoms with Crippen LogP contribution in [0.15, 0.2) is 78.1 Å². The van der Waals surface area contributed by atoms with Crippen molar-refractivity contribution >= 4 is 33.1 Å². The van der Waals surface area contributed by atoms with Crippen molar-refractivity contribution in [3.05, 3.63) is 84.3 Å². The van der Waals surface area contributed by atoms with Gasteiger partial charge in [-0.05, 0) is 66.9 Å². The summed E-state index contributed by atoms with van der Waals surface area (Å²) in [5.74, 6) is 0.350. The summed E-state index contributed by atoms with van der Waals surface area (Å²) in [7, 11) is -3.52. The summed E-state index contributed by atoms with van der Waals surface area (Å²) in [6.07, 6.45) is 6.21. The maximum atomic E-state index is 13.1. The number of rotatable bonds is 9. The van der Waals surface area contributed by atoms with Crippen LogP contribution in [-0.4, -0.2) is 42.1 Å². The number of aromatic nitrogens is 3. The quantitative estimate of drug-likeness (QED) is 0.299. The van der Waals surface area contributed by atoms with Gasteiger partial charge in [0.1, 0.15) is 10.6 Å². The Hall–Kier alpha value is -4.31. The molecule has 196 valence electrons. The van der Waals surface area contributed by atoms with Gasteiger partial charge in [-0.25, -0.2) is 18.4 Å². The lowest BCUT2D eigenvalue weighted by Crippen LogP contribution is -2.14. The number of nitrogens with one attached hydrogen (secondary N) is 2. The first-order valence-corrected chi connectivity index (χ1v) is 13.9. The minimum absolute atomic E-state index is 0.0463. The van der Waals surface area contributed by atoms with Gasteiger partial charge in [0.15, 0.2) is 9.84 Å². The van der Waals surface area contributed by atoms with Crippen molar-refractivity contribution in [1.29, 1.82) is 0 Å². The van der Waals surface area contributed by atoms with Crippen molar-refractivity contribution in [2.75, 3.05) is 23.5 Å². The van der Waals surface area contributed by atoms with E-state index in [0.29, 0.717) is 18.2 Å². The number of aryl methyl sites for hydroxylation is 1. The number of hydrogen-bond donors (Lipinski definition) is 2. The van der Waals surface area contributed by atoms with Crippen molar-refractivity contribution in [2.24, 2.45) is 5.92 Å². The lowest BCUT2D eigenvalue weighted by molar-refractivity contribution is 0.102. The van der Waals surface area contributed by atoms with Crippen molar-refractivity contribution in [3.8, 4) is 17.0 Å². The van der Waals surface area contributed by atoms with Gasteiger partial charge in [0, 0.05) is 47.3 Å². The lowest BCUT2D eigenvalue weighted by atomic mass is 10.1. The van der Waals surface area contributed by atoms with Crippen LogP contribution in [0.3, 0.4) is 0 Å². The standard InChI is InChI=1S/C28H29N5O4S/c1-18(2)17-37-25-14-20(8-10-26(25)38(4,35)36)27(34)31-22-9-7-19(3)24(15-22)33-28-30-13-11-23(32-28)21-6-5-12-29-16-21/h5-16,18H,17H2,1-4H3,(H,31,34)(H,30,32,33). The maximum Gasteiger partial charge on any atom is 0.255 e. The van der Waals surface area contributed by atoms with Gasteiger partial charge in [-0.3, -0.25) is 9.78 Å². The second kappa shape index (κ2) is 11.4. The van der Waals surface area contributed by atoms with E-state index >= 15 is 0 Å².